The summed E-state index contributed by atoms with van der Waals surface area (Å²) >= 11 is 0. The quantitative estimate of drug-likeness (QED) is 0.337. The van der Waals surface area contributed by atoms with Crippen molar-refractivity contribution in [3.8, 4) is 0 Å². The molecule has 0 spiro atoms. The van der Waals surface area contributed by atoms with Gasteiger partial charge in [0.05, 0.1) is 12.9 Å². The van der Waals surface area contributed by atoms with Crippen molar-refractivity contribution >= 4 is 23.0 Å². The topological polar surface area (TPSA) is 162 Å². The summed E-state index contributed by atoms with van der Waals surface area (Å²) in [4.78, 5) is 37.1. The molecule has 2 aromatic rings. The third-order valence-corrected chi connectivity index (χ3v) is 3.92. The van der Waals surface area contributed by atoms with Crippen molar-refractivity contribution in [2.24, 2.45) is 11.0 Å². The Kier molecular flexibility index (Phi) is 7.24. The summed E-state index contributed by atoms with van der Waals surface area (Å²) < 4.78 is 16.0. The maximum absolute atomic E-state index is 14.7. The number of carbonyl (C=O) groups excluding carboxylic acids is 1. The van der Waals surface area contributed by atoms with Gasteiger partial charge in [0.2, 0.25) is 11.9 Å². The van der Waals surface area contributed by atoms with Gasteiger partial charge in [0, 0.05) is 24.0 Å². The minimum atomic E-state index is -0.564. The van der Waals surface area contributed by atoms with Crippen LogP contribution < -0.4 is 10.9 Å². The second-order valence-corrected chi connectivity index (χ2v) is 6.29. The lowest BCUT2D eigenvalue weighted by atomic mass is 10.1. The van der Waals surface area contributed by atoms with Gasteiger partial charge in [-0.25, -0.2) is 9.37 Å². The fourth-order valence-electron chi connectivity index (χ4n) is 2.41. The number of H-pyrrole nitrogens is 1. The maximum Gasteiger partial charge on any atom is 0.280 e. The van der Waals surface area contributed by atoms with Crippen LogP contribution in [-0.4, -0.2) is 43.7 Å². The van der Waals surface area contributed by atoms with Gasteiger partial charge in [0.15, 0.2) is 11.2 Å². The van der Waals surface area contributed by atoms with Crippen molar-refractivity contribution in [1.82, 2.24) is 19.5 Å². The molecule has 28 heavy (non-hydrogen) atoms. The number of nitrogens with one attached hydrogen (secondary N) is 2. The zero-order chi connectivity index (χ0) is 20.7. The van der Waals surface area contributed by atoms with Gasteiger partial charge in [-0.2, -0.15) is 4.98 Å². The van der Waals surface area contributed by atoms with Crippen LogP contribution in [0.4, 0.5) is 10.3 Å². The SMILES string of the molecule is CC(C)C(=O)Nc1nc2c(ncn2C/C(F)=C(/CCO)CCN=[N+]=[N-])c(=O)[nH]1. The van der Waals surface area contributed by atoms with Crippen molar-refractivity contribution in [2.45, 2.75) is 33.2 Å². The molecule has 0 aliphatic rings. The lowest BCUT2D eigenvalue weighted by Crippen LogP contribution is -2.22. The number of aromatic amines is 1. The van der Waals surface area contributed by atoms with E-state index in [9.17, 15) is 14.0 Å². The minimum Gasteiger partial charge on any atom is -0.396 e. The zero-order valence-corrected chi connectivity index (χ0v) is 15.5. The van der Waals surface area contributed by atoms with E-state index in [1.165, 1.54) is 10.9 Å². The van der Waals surface area contributed by atoms with Crippen LogP contribution in [0.1, 0.15) is 26.7 Å². The van der Waals surface area contributed by atoms with Gasteiger partial charge in [0.25, 0.3) is 5.56 Å². The summed E-state index contributed by atoms with van der Waals surface area (Å²) in [6, 6.07) is 0. The number of aromatic nitrogens is 4. The summed E-state index contributed by atoms with van der Waals surface area (Å²) in [5, 5.41) is 15.0. The summed E-state index contributed by atoms with van der Waals surface area (Å²) in [5.41, 5.74) is 8.19. The molecule has 0 aromatic carbocycles. The van der Waals surface area contributed by atoms with Gasteiger partial charge in [-0.3, -0.25) is 19.9 Å². The fraction of sp³-hybridized carbons (Fsp3) is 0.500. The number of halogens is 1. The van der Waals surface area contributed by atoms with Crippen LogP contribution in [0.3, 0.4) is 0 Å². The number of aliphatic hydroxyl groups excluding tert-OH is 1. The molecule has 12 heteroatoms. The Morgan fingerprint density at radius 3 is 2.89 bits per heavy atom. The average molecular weight is 392 g/mol. The van der Waals surface area contributed by atoms with Crippen molar-refractivity contribution in [3.63, 3.8) is 0 Å². The first-order chi connectivity index (χ1) is 13.4. The van der Waals surface area contributed by atoms with Crippen LogP contribution >= 0.6 is 0 Å². The third kappa shape index (κ3) is 5.15. The lowest BCUT2D eigenvalue weighted by Gasteiger charge is -2.09. The van der Waals surface area contributed by atoms with Crippen molar-refractivity contribution < 1.29 is 14.3 Å². The molecule has 0 aliphatic carbocycles. The maximum atomic E-state index is 14.7. The van der Waals surface area contributed by atoms with Gasteiger partial charge in [-0.05, 0) is 23.9 Å². The normalized spacial score (nSPS) is 12.0. The molecule has 3 N–H and O–H groups in total. The highest BCUT2D eigenvalue weighted by atomic mass is 19.1. The van der Waals surface area contributed by atoms with Crippen LogP contribution in [0.2, 0.25) is 0 Å². The predicted octanol–water partition coefficient (Wildman–Crippen LogP) is 2.02. The van der Waals surface area contributed by atoms with E-state index in [0.29, 0.717) is 5.57 Å². The summed E-state index contributed by atoms with van der Waals surface area (Å²) in [6.45, 7) is 2.92. The summed E-state index contributed by atoms with van der Waals surface area (Å²) in [6.07, 6.45) is 1.51. The first-order valence-corrected chi connectivity index (χ1v) is 8.61. The Bertz CT molecular complexity index is 987. The van der Waals surface area contributed by atoms with Crippen molar-refractivity contribution in [2.75, 3.05) is 18.5 Å². The average Bonchev–Trinajstić information content (AvgIpc) is 3.04. The van der Waals surface area contributed by atoms with Crippen LogP contribution in [0, 0.1) is 5.92 Å². The van der Waals surface area contributed by atoms with E-state index in [1.54, 1.807) is 13.8 Å². The van der Waals surface area contributed by atoms with E-state index in [2.05, 4.69) is 30.3 Å². The molecule has 0 fully saturated rings. The summed E-state index contributed by atoms with van der Waals surface area (Å²) in [7, 11) is 0. The zero-order valence-electron chi connectivity index (χ0n) is 15.5. The van der Waals surface area contributed by atoms with Gasteiger partial charge < -0.3 is 9.67 Å². The number of imidazole rings is 1. The van der Waals surface area contributed by atoms with E-state index in [-0.39, 0.29) is 61.5 Å². The molecule has 2 rings (SSSR count). The number of nitrogens with zero attached hydrogens (tertiary/aromatic N) is 6. The molecular weight excluding hydrogens is 371 g/mol. The number of amides is 1. The Hall–Kier alpha value is -3.24. The van der Waals surface area contributed by atoms with Crippen molar-refractivity contribution in [1.29, 1.82) is 0 Å². The fourth-order valence-corrected chi connectivity index (χ4v) is 2.41. The van der Waals surface area contributed by atoms with E-state index < -0.39 is 11.4 Å². The standard InChI is InChI=1S/C16H21FN8O3/c1-9(2)14(27)22-16-21-13-12(15(28)23-16)19-8-25(13)7-11(17)10(4-6-26)3-5-20-24-18/h8-9,26H,3-7H2,1-2H3,(H2,21,22,23,27,28)/b11-10-. The number of carbonyl (C=O) groups is 1. The van der Waals surface area contributed by atoms with E-state index in [0.717, 1.165) is 0 Å². The predicted molar refractivity (Wildman–Crippen MR) is 100 cm³/mol. The number of azide groups is 1. The van der Waals surface area contributed by atoms with E-state index >= 15 is 0 Å². The number of hydrogen-bond acceptors (Lipinski definition) is 6. The molecule has 0 atom stereocenters. The largest absolute Gasteiger partial charge is 0.396 e. The van der Waals surface area contributed by atoms with E-state index in [4.69, 9.17) is 10.6 Å². The Morgan fingerprint density at radius 2 is 2.25 bits per heavy atom. The van der Waals surface area contributed by atoms with Crippen LogP contribution in [-0.2, 0) is 11.3 Å². The number of fused-ring (bicyclic) bond motifs is 1. The molecular formula is C16H21FN8O3. The molecule has 0 saturated carbocycles. The molecule has 0 aliphatic heterocycles. The van der Waals surface area contributed by atoms with Gasteiger partial charge in [-0.1, -0.05) is 19.0 Å². The minimum absolute atomic E-state index is 0.00753. The third-order valence-electron chi connectivity index (χ3n) is 3.92. The smallest absolute Gasteiger partial charge is 0.280 e. The first-order valence-electron chi connectivity index (χ1n) is 8.61. The van der Waals surface area contributed by atoms with Gasteiger partial charge >= 0.3 is 0 Å². The molecule has 1 amide bonds. The number of allylic oxidation sites excluding steroid dienone is 1. The van der Waals surface area contributed by atoms with Crippen LogP contribution in [0.15, 0.2) is 27.6 Å². The highest BCUT2D eigenvalue weighted by Crippen LogP contribution is 2.19. The van der Waals surface area contributed by atoms with Crippen molar-refractivity contribution in [3.05, 3.63) is 38.5 Å². The highest BCUT2D eigenvalue weighted by Gasteiger charge is 2.15. The van der Waals surface area contributed by atoms with Gasteiger partial charge in [0.1, 0.15) is 5.83 Å². The van der Waals surface area contributed by atoms with E-state index in [1.807, 2.05) is 0 Å². The molecule has 150 valence electrons. The number of aliphatic hydroxyl groups is 1. The molecule has 0 unspecified atom stereocenters. The Morgan fingerprint density at radius 1 is 1.50 bits per heavy atom. The second-order valence-electron chi connectivity index (χ2n) is 6.29. The monoisotopic (exact) mass is 392 g/mol. The van der Waals surface area contributed by atoms with Crippen LogP contribution in [0.25, 0.3) is 21.6 Å². The number of hydrogen-bond donors (Lipinski definition) is 3. The number of anilines is 1. The molecule has 0 saturated heterocycles. The molecule has 0 radical (unpaired) electrons. The molecule has 0 bridgehead atoms. The van der Waals surface area contributed by atoms with Crippen LogP contribution in [0.5, 0.6) is 0 Å². The summed E-state index contributed by atoms with van der Waals surface area (Å²) in [5.74, 6) is -1.25. The number of rotatable bonds is 9. The first kappa shape index (κ1) is 21.1. The molecule has 2 heterocycles. The molecule has 11 nitrogen and oxygen atoms in total. The Balaban J connectivity index is 2.36. The Labute approximate surface area is 158 Å². The highest BCUT2D eigenvalue weighted by molar-refractivity contribution is 5.91. The molecule has 2 aromatic heterocycles. The lowest BCUT2D eigenvalue weighted by molar-refractivity contribution is -0.118. The van der Waals surface area contributed by atoms with Gasteiger partial charge in [-0.15, -0.1) is 0 Å². The second kappa shape index (κ2) is 9.62.